The van der Waals surface area contributed by atoms with Crippen LogP contribution in [0.25, 0.3) is 10.8 Å². The van der Waals surface area contributed by atoms with Crippen molar-refractivity contribution in [1.82, 2.24) is 9.80 Å². The summed E-state index contributed by atoms with van der Waals surface area (Å²) in [5, 5.41) is 20.7. The van der Waals surface area contributed by atoms with Gasteiger partial charge in [-0.05, 0) is 87.0 Å². The first kappa shape index (κ1) is 38.0. The molecule has 0 radical (unpaired) electrons. The van der Waals surface area contributed by atoms with Crippen LogP contribution in [-0.2, 0) is 4.74 Å². The number of fused-ring (bicyclic) bond motifs is 2. The molecule has 0 saturated carbocycles. The number of benzene rings is 4. The number of likely N-dealkylation sites (N-methyl/N-ethyl adjacent to an activating group) is 1. The molecule has 0 bridgehead atoms. The van der Waals surface area contributed by atoms with Gasteiger partial charge in [0.15, 0.2) is 0 Å². The van der Waals surface area contributed by atoms with E-state index in [1.165, 1.54) is 24.3 Å². The van der Waals surface area contributed by atoms with Gasteiger partial charge in [0, 0.05) is 49.4 Å². The number of halogens is 1. The van der Waals surface area contributed by atoms with Crippen LogP contribution in [0.3, 0.4) is 0 Å². The van der Waals surface area contributed by atoms with Crippen molar-refractivity contribution in [3.8, 4) is 5.75 Å². The third-order valence-corrected chi connectivity index (χ3v) is 9.24. The van der Waals surface area contributed by atoms with Gasteiger partial charge in [0.25, 0.3) is 5.91 Å². The van der Waals surface area contributed by atoms with Crippen molar-refractivity contribution in [2.45, 2.75) is 58.3 Å². The summed E-state index contributed by atoms with van der Waals surface area (Å²) in [5.41, 5.74) is 1.67. The van der Waals surface area contributed by atoms with Gasteiger partial charge in [-0.3, -0.25) is 4.79 Å². The maximum Gasteiger partial charge on any atom is 0.323 e. The van der Waals surface area contributed by atoms with Crippen molar-refractivity contribution in [3.05, 3.63) is 96.3 Å². The summed E-state index contributed by atoms with van der Waals surface area (Å²) in [6.45, 7) is 6.31. The Balaban J connectivity index is 1.36. The summed E-state index contributed by atoms with van der Waals surface area (Å²) in [6, 6.07) is 22.4. The van der Waals surface area contributed by atoms with Crippen molar-refractivity contribution in [1.29, 1.82) is 0 Å². The van der Waals surface area contributed by atoms with E-state index < -0.39 is 29.9 Å². The predicted octanol–water partition coefficient (Wildman–Crippen LogP) is 7.58. The summed E-state index contributed by atoms with van der Waals surface area (Å²) < 4.78 is 26.0. The highest BCUT2D eigenvalue weighted by molar-refractivity contribution is 6.03. The number of rotatable bonds is 7. The minimum absolute atomic E-state index is 0.210. The van der Waals surface area contributed by atoms with Gasteiger partial charge < -0.3 is 40.3 Å². The van der Waals surface area contributed by atoms with Crippen molar-refractivity contribution in [2.24, 2.45) is 5.92 Å². The Bertz CT molecular complexity index is 1830. The van der Waals surface area contributed by atoms with E-state index in [-0.39, 0.29) is 43.3 Å². The zero-order valence-electron chi connectivity index (χ0n) is 30.1. The van der Waals surface area contributed by atoms with E-state index >= 15 is 0 Å². The van der Waals surface area contributed by atoms with E-state index in [1.54, 1.807) is 42.0 Å². The summed E-state index contributed by atoms with van der Waals surface area (Å²) in [5.74, 6) is -0.705. The highest BCUT2D eigenvalue weighted by Crippen LogP contribution is 2.29. The molecule has 0 aliphatic carbocycles. The third kappa shape index (κ3) is 9.98. The van der Waals surface area contributed by atoms with Crippen LogP contribution in [0.4, 0.5) is 31.0 Å². The van der Waals surface area contributed by atoms with Crippen LogP contribution in [0.15, 0.2) is 84.9 Å². The van der Waals surface area contributed by atoms with Gasteiger partial charge in [-0.25, -0.2) is 14.0 Å². The number of aliphatic hydroxyl groups excluding tert-OH is 1. The molecule has 0 spiro atoms. The zero-order chi connectivity index (χ0) is 37.2. The van der Waals surface area contributed by atoms with Crippen molar-refractivity contribution >= 4 is 45.8 Å². The van der Waals surface area contributed by atoms with Crippen LogP contribution in [0.1, 0.15) is 50.4 Å². The van der Waals surface area contributed by atoms with Crippen molar-refractivity contribution in [2.75, 3.05) is 49.3 Å². The second-order valence-corrected chi connectivity index (χ2v) is 13.4. The number of carbonyl (C=O) groups is 3. The summed E-state index contributed by atoms with van der Waals surface area (Å²) in [6.07, 6.45) is 1.65. The number of nitrogens with one attached hydrogen (secondary N) is 3. The Labute approximate surface area is 304 Å². The lowest BCUT2D eigenvalue weighted by Gasteiger charge is -2.35. The van der Waals surface area contributed by atoms with Crippen LogP contribution >= 0.6 is 0 Å². The Morgan fingerprint density at radius 1 is 0.962 bits per heavy atom. The summed E-state index contributed by atoms with van der Waals surface area (Å²) in [4.78, 5) is 43.9. The molecule has 0 aromatic heterocycles. The van der Waals surface area contributed by atoms with E-state index in [0.717, 1.165) is 23.6 Å². The fourth-order valence-electron chi connectivity index (χ4n) is 6.19. The summed E-state index contributed by atoms with van der Waals surface area (Å²) >= 11 is 0. The molecule has 0 saturated heterocycles. The van der Waals surface area contributed by atoms with Gasteiger partial charge in [-0.2, -0.15) is 0 Å². The molecule has 276 valence electrons. The molecular formula is C40H48FN5O6. The number of hydrogen-bond acceptors (Lipinski definition) is 6. The van der Waals surface area contributed by atoms with Gasteiger partial charge in [0.1, 0.15) is 11.6 Å². The SMILES string of the molecule is C[C@H](CO)N1C[C@H](C)[C@@H](CN(C)C(=O)Nc2cccc3ccccc23)OCCCC[C@H](C)Oc2ccc(NC(=O)Nc3ccc(F)cc3)cc2C1=O. The fraction of sp³-hybridized carbons (Fsp3) is 0.375. The van der Waals surface area contributed by atoms with E-state index in [0.29, 0.717) is 35.8 Å². The first-order chi connectivity index (χ1) is 25.0. The lowest BCUT2D eigenvalue weighted by atomic mass is 10.0. The molecule has 12 heteroatoms. The number of ether oxygens (including phenoxy) is 2. The zero-order valence-corrected chi connectivity index (χ0v) is 30.1. The smallest absolute Gasteiger partial charge is 0.323 e. The second kappa shape index (κ2) is 17.8. The van der Waals surface area contributed by atoms with Gasteiger partial charge in [0.05, 0.1) is 36.1 Å². The van der Waals surface area contributed by atoms with Gasteiger partial charge in [0.2, 0.25) is 0 Å². The molecular weight excluding hydrogens is 665 g/mol. The second-order valence-electron chi connectivity index (χ2n) is 13.4. The number of nitrogens with zero attached hydrogens (tertiary/aromatic N) is 2. The minimum atomic E-state index is -0.572. The highest BCUT2D eigenvalue weighted by Gasteiger charge is 2.31. The van der Waals surface area contributed by atoms with Crippen LogP contribution in [0.2, 0.25) is 0 Å². The molecule has 1 heterocycles. The lowest BCUT2D eigenvalue weighted by molar-refractivity contribution is -0.0115. The molecule has 52 heavy (non-hydrogen) atoms. The van der Waals surface area contributed by atoms with Crippen LogP contribution < -0.4 is 20.7 Å². The van der Waals surface area contributed by atoms with E-state index in [2.05, 4.69) is 16.0 Å². The Morgan fingerprint density at radius 2 is 1.67 bits per heavy atom. The van der Waals surface area contributed by atoms with E-state index in [4.69, 9.17) is 9.47 Å². The largest absolute Gasteiger partial charge is 0.490 e. The van der Waals surface area contributed by atoms with Gasteiger partial charge in [-0.1, -0.05) is 43.3 Å². The monoisotopic (exact) mass is 713 g/mol. The molecule has 11 nitrogen and oxygen atoms in total. The average Bonchev–Trinajstić information content (AvgIpc) is 3.13. The molecule has 4 aromatic carbocycles. The normalized spacial score (nSPS) is 19.1. The Kier molecular flexibility index (Phi) is 13.0. The lowest BCUT2D eigenvalue weighted by Crippen LogP contribution is -2.48. The molecule has 1 aliphatic heterocycles. The minimum Gasteiger partial charge on any atom is -0.490 e. The van der Waals surface area contributed by atoms with Crippen LogP contribution in [0.5, 0.6) is 5.75 Å². The third-order valence-electron chi connectivity index (χ3n) is 9.24. The molecule has 5 amide bonds. The summed E-state index contributed by atoms with van der Waals surface area (Å²) in [7, 11) is 1.72. The number of carbonyl (C=O) groups excluding carboxylic acids is 3. The van der Waals surface area contributed by atoms with Crippen LogP contribution in [0, 0.1) is 11.7 Å². The topological polar surface area (TPSA) is 132 Å². The number of amides is 5. The molecule has 5 rings (SSSR count). The number of urea groups is 2. The maximum absolute atomic E-state index is 14.4. The Hall–Kier alpha value is -5.20. The molecule has 1 aliphatic rings. The molecule has 0 unspecified atom stereocenters. The number of aliphatic hydroxyl groups is 1. The first-order valence-corrected chi connectivity index (χ1v) is 17.7. The molecule has 0 fully saturated rings. The van der Waals surface area contributed by atoms with E-state index in [1.807, 2.05) is 56.3 Å². The van der Waals surface area contributed by atoms with Crippen LogP contribution in [-0.4, -0.2) is 84.5 Å². The molecule has 4 atom stereocenters. The van der Waals surface area contributed by atoms with Crippen molar-refractivity contribution < 1.29 is 33.4 Å². The van der Waals surface area contributed by atoms with Gasteiger partial charge in [-0.15, -0.1) is 0 Å². The van der Waals surface area contributed by atoms with Gasteiger partial charge >= 0.3 is 12.1 Å². The molecule has 4 aromatic rings. The molecule has 4 N–H and O–H groups in total. The van der Waals surface area contributed by atoms with Crippen molar-refractivity contribution in [3.63, 3.8) is 0 Å². The highest BCUT2D eigenvalue weighted by atomic mass is 19.1. The number of anilines is 3. The Morgan fingerprint density at radius 3 is 2.44 bits per heavy atom. The predicted molar refractivity (Wildman–Crippen MR) is 202 cm³/mol. The number of hydrogen-bond donors (Lipinski definition) is 4. The average molecular weight is 714 g/mol. The standard InChI is InChI=1S/C40H48FN5O6/c1-26-23-46(27(2)25-47)38(48)34-22-32(43-39(49)42-31-17-15-30(41)16-18-31)19-20-36(34)52-28(3)10-7-8-21-51-37(26)24-45(4)40(50)44-35-14-9-12-29-11-5-6-13-33(29)35/h5-6,9,11-20,22,26-28,37,47H,7-8,10,21,23-25H2,1-4H3,(H,44,50)(H2,42,43,49)/t26-,27+,28-,37+/m0/s1. The first-order valence-electron chi connectivity index (χ1n) is 17.7. The fourth-order valence-corrected chi connectivity index (χ4v) is 6.19. The maximum atomic E-state index is 14.4. The van der Waals surface area contributed by atoms with E-state index in [9.17, 15) is 23.9 Å². The quantitative estimate of drug-likeness (QED) is 0.156.